The number of benzene rings is 2. The molecule has 0 saturated carbocycles. The molecule has 1 fully saturated rings. The maximum Gasteiger partial charge on any atom is 0.276 e. The van der Waals surface area contributed by atoms with Crippen LogP contribution in [0.2, 0.25) is 10.0 Å². The van der Waals surface area contributed by atoms with E-state index < -0.39 is 0 Å². The first-order chi connectivity index (χ1) is 12.5. The molecule has 26 heavy (non-hydrogen) atoms. The van der Waals surface area contributed by atoms with Crippen molar-refractivity contribution in [2.45, 2.75) is 13.5 Å². The van der Waals surface area contributed by atoms with Crippen molar-refractivity contribution in [3.05, 3.63) is 69.3 Å². The van der Waals surface area contributed by atoms with Gasteiger partial charge in [-0.25, -0.2) is 0 Å². The van der Waals surface area contributed by atoms with Crippen molar-refractivity contribution < 1.29 is 9.53 Å². The van der Waals surface area contributed by atoms with Gasteiger partial charge in [-0.2, -0.15) is 0 Å². The van der Waals surface area contributed by atoms with E-state index in [9.17, 15) is 4.79 Å². The molecular formula is C19H16Cl2N2O2S. The van der Waals surface area contributed by atoms with E-state index in [1.54, 1.807) is 18.2 Å². The normalized spacial score (nSPS) is 15.5. The Morgan fingerprint density at radius 1 is 1.23 bits per heavy atom. The fourth-order valence-electron chi connectivity index (χ4n) is 2.54. The number of halogens is 2. The van der Waals surface area contributed by atoms with E-state index >= 15 is 0 Å². The second-order valence-electron chi connectivity index (χ2n) is 5.60. The number of amides is 1. The summed E-state index contributed by atoms with van der Waals surface area (Å²) in [7, 11) is 0. The molecular weight excluding hydrogens is 391 g/mol. The zero-order chi connectivity index (χ0) is 18.7. The van der Waals surface area contributed by atoms with Crippen molar-refractivity contribution in [1.82, 2.24) is 10.2 Å². The van der Waals surface area contributed by atoms with E-state index in [2.05, 4.69) is 5.32 Å². The molecule has 1 saturated heterocycles. The van der Waals surface area contributed by atoms with Crippen molar-refractivity contribution in [3.63, 3.8) is 0 Å². The van der Waals surface area contributed by atoms with Crippen LogP contribution < -0.4 is 10.1 Å². The average Bonchev–Trinajstić information content (AvgIpc) is 2.88. The summed E-state index contributed by atoms with van der Waals surface area (Å²) in [4.78, 5) is 13.9. The lowest BCUT2D eigenvalue weighted by molar-refractivity contribution is -0.122. The number of para-hydroxylation sites is 1. The predicted octanol–water partition coefficient (Wildman–Crippen LogP) is 4.65. The summed E-state index contributed by atoms with van der Waals surface area (Å²) in [5.74, 6) is 0.495. The molecule has 1 aliphatic heterocycles. The third-order valence-electron chi connectivity index (χ3n) is 3.90. The average molecular weight is 407 g/mol. The van der Waals surface area contributed by atoms with Crippen molar-refractivity contribution in [2.24, 2.45) is 0 Å². The SMILES string of the molecule is CCN1C(=O)/C(=C/c2ccccc2OCc2ccc(Cl)cc2Cl)NC1=S. The molecule has 7 heteroatoms. The van der Waals surface area contributed by atoms with Crippen molar-refractivity contribution in [2.75, 3.05) is 6.54 Å². The molecule has 1 aliphatic rings. The van der Waals surface area contributed by atoms with E-state index in [1.807, 2.05) is 37.3 Å². The van der Waals surface area contributed by atoms with Crippen LogP contribution in [0.4, 0.5) is 0 Å². The van der Waals surface area contributed by atoms with Gasteiger partial charge in [0.15, 0.2) is 5.11 Å². The predicted molar refractivity (Wildman–Crippen MR) is 108 cm³/mol. The summed E-state index contributed by atoms with van der Waals surface area (Å²) in [6.07, 6.45) is 1.74. The Morgan fingerprint density at radius 2 is 2.00 bits per heavy atom. The van der Waals surface area contributed by atoms with Crippen molar-refractivity contribution in [3.8, 4) is 5.75 Å². The van der Waals surface area contributed by atoms with Gasteiger partial charge in [0.05, 0.1) is 0 Å². The lowest BCUT2D eigenvalue weighted by Crippen LogP contribution is -2.30. The number of ether oxygens (including phenoxy) is 1. The first-order valence-corrected chi connectivity index (χ1v) is 9.16. The Labute approximate surface area is 167 Å². The zero-order valence-electron chi connectivity index (χ0n) is 14.0. The Hall–Kier alpha value is -2.08. The lowest BCUT2D eigenvalue weighted by Gasteiger charge is -2.11. The molecule has 1 amide bonds. The van der Waals surface area contributed by atoms with Crippen LogP contribution in [-0.4, -0.2) is 22.5 Å². The Kier molecular flexibility index (Phi) is 5.81. The van der Waals surface area contributed by atoms with Crippen LogP contribution >= 0.6 is 35.4 Å². The van der Waals surface area contributed by atoms with Gasteiger partial charge in [0.1, 0.15) is 18.1 Å². The number of carbonyl (C=O) groups is 1. The summed E-state index contributed by atoms with van der Waals surface area (Å²) in [5, 5.41) is 4.48. The topological polar surface area (TPSA) is 41.6 Å². The number of hydrogen-bond donors (Lipinski definition) is 1. The highest BCUT2D eigenvalue weighted by atomic mass is 35.5. The Morgan fingerprint density at radius 3 is 2.69 bits per heavy atom. The first kappa shape index (κ1) is 18.7. The number of hydrogen-bond acceptors (Lipinski definition) is 3. The minimum absolute atomic E-state index is 0.145. The summed E-state index contributed by atoms with van der Waals surface area (Å²) in [6, 6.07) is 12.7. The van der Waals surface area contributed by atoms with Crippen LogP contribution in [0, 0.1) is 0 Å². The standard InChI is InChI=1S/C19H16Cl2N2O2S/c1-2-23-18(24)16(22-19(23)26)9-12-5-3-4-6-17(12)25-11-13-7-8-14(20)10-15(13)21/h3-10H,2,11H2,1H3,(H,22,26)/b16-9-. The minimum Gasteiger partial charge on any atom is -0.488 e. The summed E-state index contributed by atoms with van der Waals surface area (Å²) >= 11 is 17.3. The van der Waals surface area contributed by atoms with Gasteiger partial charge >= 0.3 is 0 Å². The zero-order valence-corrected chi connectivity index (χ0v) is 16.3. The largest absolute Gasteiger partial charge is 0.488 e. The van der Waals surface area contributed by atoms with Gasteiger partial charge in [0.2, 0.25) is 0 Å². The van der Waals surface area contributed by atoms with Gasteiger partial charge in [-0.15, -0.1) is 0 Å². The molecule has 0 unspecified atom stereocenters. The highest BCUT2D eigenvalue weighted by Gasteiger charge is 2.29. The molecule has 0 atom stereocenters. The van der Waals surface area contributed by atoms with Crippen LogP contribution in [-0.2, 0) is 11.4 Å². The maximum atomic E-state index is 12.4. The smallest absolute Gasteiger partial charge is 0.276 e. The van der Waals surface area contributed by atoms with Gasteiger partial charge in [-0.1, -0.05) is 47.5 Å². The van der Waals surface area contributed by atoms with Crippen molar-refractivity contribution in [1.29, 1.82) is 0 Å². The maximum absolute atomic E-state index is 12.4. The van der Waals surface area contributed by atoms with E-state index in [-0.39, 0.29) is 12.5 Å². The molecule has 0 aromatic heterocycles. The van der Waals surface area contributed by atoms with Gasteiger partial charge in [-0.05, 0) is 43.4 Å². The van der Waals surface area contributed by atoms with E-state index in [4.69, 9.17) is 40.2 Å². The fraction of sp³-hybridized carbons (Fsp3) is 0.158. The van der Waals surface area contributed by atoms with Crippen LogP contribution in [0.5, 0.6) is 5.75 Å². The van der Waals surface area contributed by atoms with Crippen LogP contribution in [0.1, 0.15) is 18.1 Å². The Balaban J connectivity index is 1.82. The minimum atomic E-state index is -0.145. The first-order valence-electron chi connectivity index (χ1n) is 8.00. The molecule has 1 heterocycles. The second-order valence-corrected chi connectivity index (χ2v) is 6.83. The third kappa shape index (κ3) is 4.01. The number of nitrogens with zero attached hydrogens (tertiary/aromatic N) is 1. The van der Waals surface area contributed by atoms with Gasteiger partial charge < -0.3 is 10.1 Å². The molecule has 2 aromatic carbocycles. The van der Waals surface area contributed by atoms with Gasteiger partial charge in [0.25, 0.3) is 5.91 Å². The number of nitrogens with one attached hydrogen (secondary N) is 1. The van der Waals surface area contributed by atoms with E-state index in [0.29, 0.717) is 33.1 Å². The molecule has 0 aliphatic carbocycles. The third-order valence-corrected chi connectivity index (χ3v) is 4.81. The monoisotopic (exact) mass is 406 g/mol. The fourth-order valence-corrected chi connectivity index (χ4v) is 3.32. The number of rotatable bonds is 5. The molecule has 3 rings (SSSR count). The Bertz CT molecular complexity index is 899. The van der Waals surface area contributed by atoms with Crippen LogP contribution in [0.15, 0.2) is 48.2 Å². The summed E-state index contributed by atoms with van der Waals surface area (Å²) in [5.41, 5.74) is 2.03. The highest BCUT2D eigenvalue weighted by Crippen LogP contribution is 2.26. The molecule has 0 bridgehead atoms. The van der Waals surface area contributed by atoms with Crippen LogP contribution in [0.3, 0.4) is 0 Å². The van der Waals surface area contributed by atoms with Crippen LogP contribution in [0.25, 0.3) is 6.08 Å². The lowest BCUT2D eigenvalue weighted by atomic mass is 10.1. The quantitative estimate of drug-likeness (QED) is 0.579. The summed E-state index contributed by atoms with van der Waals surface area (Å²) in [6.45, 7) is 2.69. The van der Waals surface area contributed by atoms with Gasteiger partial charge in [0, 0.05) is 27.7 Å². The van der Waals surface area contributed by atoms with E-state index in [0.717, 1.165) is 11.1 Å². The summed E-state index contributed by atoms with van der Waals surface area (Å²) < 4.78 is 5.91. The molecule has 134 valence electrons. The number of carbonyl (C=O) groups excluding carboxylic acids is 1. The molecule has 4 nitrogen and oxygen atoms in total. The number of thiocarbonyl (C=S) groups is 1. The van der Waals surface area contributed by atoms with Gasteiger partial charge in [-0.3, -0.25) is 9.69 Å². The molecule has 1 N–H and O–H groups in total. The highest BCUT2D eigenvalue weighted by molar-refractivity contribution is 7.80. The number of likely N-dealkylation sites (N-methyl/N-ethyl adjacent to an activating group) is 1. The molecule has 0 spiro atoms. The molecule has 2 aromatic rings. The second kappa shape index (κ2) is 8.08. The van der Waals surface area contributed by atoms with E-state index in [1.165, 1.54) is 4.90 Å². The molecule has 0 radical (unpaired) electrons. The van der Waals surface area contributed by atoms with Crippen molar-refractivity contribution >= 4 is 52.5 Å².